The number of amides is 1. The Labute approximate surface area is 129 Å². The number of imidazole rings is 1. The molecule has 0 radical (unpaired) electrons. The summed E-state index contributed by atoms with van der Waals surface area (Å²) >= 11 is 6.19. The van der Waals surface area contributed by atoms with E-state index in [2.05, 4.69) is 29.1 Å². The maximum absolute atomic E-state index is 11.9. The summed E-state index contributed by atoms with van der Waals surface area (Å²) < 4.78 is 1.93. The summed E-state index contributed by atoms with van der Waals surface area (Å²) in [4.78, 5) is 20.7. The summed E-state index contributed by atoms with van der Waals surface area (Å²) in [6, 6.07) is 3.75. The molecular formula is C15H21ClN4O. The van der Waals surface area contributed by atoms with Crippen LogP contribution in [0.25, 0.3) is 11.2 Å². The molecule has 1 atom stereocenters. The Morgan fingerprint density at radius 2 is 2.19 bits per heavy atom. The van der Waals surface area contributed by atoms with E-state index in [9.17, 15) is 4.79 Å². The summed E-state index contributed by atoms with van der Waals surface area (Å²) in [5, 5.41) is 2.69. The lowest BCUT2D eigenvalue weighted by atomic mass is 10.2. The highest BCUT2D eigenvalue weighted by molar-refractivity contribution is 6.20. The second kappa shape index (κ2) is 6.89. The Morgan fingerprint density at radius 3 is 2.86 bits per heavy atom. The highest BCUT2D eigenvalue weighted by Crippen LogP contribution is 2.23. The van der Waals surface area contributed by atoms with Crippen LogP contribution in [0.1, 0.15) is 38.4 Å². The number of aromatic nitrogens is 3. The van der Waals surface area contributed by atoms with Crippen molar-refractivity contribution in [3.8, 4) is 0 Å². The van der Waals surface area contributed by atoms with Crippen molar-refractivity contribution in [3.63, 3.8) is 0 Å². The quantitative estimate of drug-likeness (QED) is 0.835. The molecule has 0 fully saturated rings. The van der Waals surface area contributed by atoms with Crippen molar-refractivity contribution in [2.24, 2.45) is 5.92 Å². The topological polar surface area (TPSA) is 59.8 Å². The van der Waals surface area contributed by atoms with E-state index in [4.69, 9.17) is 11.6 Å². The van der Waals surface area contributed by atoms with Crippen molar-refractivity contribution in [2.45, 2.75) is 39.1 Å². The molecule has 1 N–H and O–H groups in total. The van der Waals surface area contributed by atoms with Crippen molar-refractivity contribution in [1.82, 2.24) is 19.9 Å². The van der Waals surface area contributed by atoms with Crippen LogP contribution in [0, 0.1) is 5.92 Å². The number of aryl methyl sites for hydroxylation is 1. The lowest BCUT2D eigenvalue weighted by Gasteiger charge is -2.11. The maximum Gasteiger partial charge on any atom is 0.221 e. The van der Waals surface area contributed by atoms with Gasteiger partial charge < -0.3 is 9.88 Å². The minimum atomic E-state index is -0.224. The molecule has 21 heavy (non-hydrogen) atoms. The fourth-order valence-electron chi connectivity index (χ4n) is 2.12. The van der Waals surface area contributed by atoms with E-state index in [1.165, 1.54) is 0 Å². The van der Waals surface area contributed by atoms with E-state index >= 15 is 0 Å². The molecule has 6 heteroatoms. The molecule has 0 aromatic carbocycles. The first-order valence-corrected chi connectivity index (χ1v) is 7.64. The molecule has 0 aliphatic carbocycles. The monoisotopic (exact) mass is 308 g/mol. The Bertz CT molecular complexity index is 621. The standard InChI is InChI=1S/C15H21ClN4O/c1-10(2)9-18-13(21)6-8-20-14(11(3)16)19-12-5-4-7-17-15(12)20/h4-5,7,10-11H,6,8-9H2,1-3H3,(H,18,21). The van der Waals surface area contributed by atoms with Gasteiger partial charge in [0.1, 0.15) is 11.3 Å². The van der Waals surface area contributed by atoms with Crippen LogP contribution >= 0.6 is 11.6 Å². The molecule has 1 amide bonds. The minimum absolute atomic E-state index is 0.0367. The van der Waals surface area contributed by atoms with Crippen LogP contribution in [0.4, 0.5) is 0 Å². The zero-order valence-corrected chi connectivity index (χ0v) is 13.4. The second-order valence-electron chi connectivity index (χ2n) is 5.53. The van der Waals surface area contributed by atoms with Crippen LogP contribution in [0.2, 0.25) is 0 Å². The summed E-state index contributed by atoms with van der Waals surface area (Å²) in [5.74, 6) is 1.24. The molecule has 1 unspecified atom stereocenters. The number of hydrogen-bond acceptors (Lipinski definition) is 3. The van der Waals surface area contributed by atoms with Gasteiger partial charge in [-0.15, -0.1) is 11.6 Å². The highest BCUT2D eigenvalue weighted by Gasteiger charge is 2.16. The van der Waals surface area contributed by atoms with Crippen molar-refractivity contribution in [1.29, 1.82) is 0 Å². The molecule has 2 heterocycles. The van der Waals surface area contributed by atoms with E-state index in [1.807, 2.05) is 23.6 Å². The van der Waals surface area contributed by atoms with Crippen LogP contribution in [-0.4, -0.2) is 27.0 Å². The van der Waals surface area contributed by atoms with Crippen molar-refractivity contribution in [2.75, 3.05) is 6.54 Å². The molecule has 0 bridgehead atoms. The molecule has 0 saturated heterocycles. The molecule has 0 spiro atoms. The number of fused-ring (bicyclic) bond motifs is 1. The van der Waals surface area contributed by atoms with Crippen molar-refractivity contribution < 1.29 is 4.79 Å². The van der Waals surface area contributed by atoms with Gasteiger partial charge in [-0.25, -0.2) is 9.97 Å². The molecule has 2 aromatic heterocycles. The second-order valence-corrected chi connectivity index (χ2v) is 6.19. The SMILES string of the molecule is CC(C)CNC(=O)CCn1c(C(C)Cl)nc2cccnc21. The first-order valence-electron chi connectivity index (χ1n) is 7.21. The molecule has 2 rings (SSSR count). The molecule has 0 aliphatic rings. The van der Waals surface area contributed by atoms with Gasteiger partial charge in [-0.05, 0) is 25.0 Å². The Morgan fingerprint density at radius 1 is 1.43 bits per heavy atom. The average Bonchev–Trinajstić information content (AvgIpc) is 2.82. The number of rotatable bonds is 6. The number of halogens is 1. The van der Waals surface area contributed by atoms with Gasteiger partial charge in [-0.2, -0.15) is 0 Å². The predicted molar refractivity (Wildman–Crippen MR) is 84.3 cm³/mol. The van der Waals surface area contributed by atoms with Crippen LogP contribution in [-0.2, 0) is 11.3 Å². The van der Waals surface area contributed by atoms with Crippen LogP contribution in [0.15, 0.2) is 18.3 Å². The van der Waals surface area contributed by atoms with E-state index in [0.717, 1.165) is 17.0 Å². The van der Waals surface area contributed by atoms with Gasteiger partial charge >= 0.3 is 0 Å². The molecule has 0 aliphatic heterocycles. The van der Waals surface area contributed by atoms with Crippen molar-refractivity contribution in [3.05, 3.63) is 24.2 Å². The van der Waals surface area contributed by atoms with Crippen LogP contribution < -0.4 is 5.32 Å². The molecule has 0 saturated carbocycles. The number of nitrogens with one attached hydrogen (secondary N) is 1. The zero-order valence-electron chi connectivity index (χ0n) is 12.6. The Hall–Kier alpha value is -1.62. The summed E-state index contributed by atoms with van der Waals surface area (Å²) in [6.45, 7) is 7.24. The third-order valence-corrected chi connectivity index (χ3v) is 3.35. The number of pyridine rings is 1. The lowest BCUT2D eigenvalue weighted by molar-refractivity contribution is -0.121. The van der Waals surface area contributed by atoms with E-state index in [-0.39, 0.29) is 11.3 Å². The van der Waals surface area contributed by atoms with Gasteiger partial charge in [-0.1, -0.05) is 13.8 Å². The van der Waals surface area contributed by atoms with Crippen LogP contribution in [0.3, 0.4) is 0 Å². The van der Waals surface area contributed by atoms with Gasteiger partial charge in [0, 0.05) is 25.7 Å². The predicted octanol–water partition coefficient (Wildman–Crippen LogP) is 2.89. The maximum atomic E-state index is 11.9. The van der Waals surface area contributed by atoms with E-state index in [0.29, 0.717) is 25.4 Å². The van der Waals surface area contributed by atoms with Gasteiger partial charge in [-0.3, -0.25) is 4.79 Å². The summed E-state index contributed by atoms with van der Waals surface area (Å²) in [5.41, 5.74) is 1.58. The third kappa shape index (κ3) is 3.94. The Balaban J connectivity index is 2.13. The normalized spacial score (nSPS) is 12.8. The minimum Gasteiger partial charge on any atom is -0.356 e. The fraction of sp³-hybridized carbons (Fsp3) is 0.533. The zero-order chi connectivity index (χ0) is 15.4. The average molecular weight is 309 g/mol. The molecule has 2 aromatic rings. The third-order valence-electron chi connectivity index (χ3n) is 3.16. The number of carbonyl (C=O) groups excluding carboxylic acids is 1. The van der Waals surface area contributed by atoms with E-state index in [1.54, 1.807) is 6.20 Å². The largest absolute Gasteiger partial charge is 0.356 e. The number of carbonyl (C=O) groups is 1. The summed E-state index contributed by atoms with van der Waals surface area (Å²) in [7, 11) is 0. The Kier molecular flexibility index (Phi) is 5.17. The van der Waals surface area contributed by atoms with Gasteiger partial charge in [0.05, 0.1) is 5.38 Å². The summed E-state index contributed by atoms with van der Waals surface area (Å²) in [6.07, 6.45) is 2.12. The van der Waals surface area contributed by atoms with Gasteiger partial charge in [0.15, 0.2) is 5.65 Å². The fourth-order valence-corrected chi connectivity index (χ4v) is 2.29. The van der Waals surface area contributed by atoms with Crippen molar-refractivity contribution >= 4 is 28.7 Å². The van der Waals surface area contributed by atoms with Crippen LogP contribution in [0.5, 0.6) is 0 Å². The van der Waals surface area contributed by atoms with E-state index < -0.39 is 0 Å². The highest BCUT2D eigenvalue weighted by atomic mass is 35.5. The van der Waals surface area contributed by atoms with Gasteiger partial charge in [0.2, 0.25) is 5.91 Å². The molecular weight excluding hydrogens is 288 g/mol. The lowest BCUT2D eigenvalue weighted by Crippen LogP contribution is -2.28. The molecule has 5 nitrogen and oxygen atoms in total. The first kappa shape index (κ1) is 15.8. The molecule has 114 valence electrons. The number of alkyl halides is 1. The first-order chi connectivity index (χ1) is 9.99. The number of hydrogen-bond donors (Lipinski definition) is 1. The smallest absolute Gasteiger partial charge is 0.221 e. The number of nitrogens with zero attached hydrogens (tertiary/aromatic N) is 3. The van der Waals surface area contributed by atoms with Gasteiger partial charge in [0.25, 0.3) is 0 Å².